The first kappa shape index (κ1) is 3.70. The summed E-state index contributed by atoms with van der Waals surface area (Å²) in [5.74, 6) is 0. The van der Waals surface area contributed by atoms with Crippen molar-refractivity contribution in [3.63, 3.8) is 0 Å². The molecular weight excluding hydrogens is 99.1 g/mol. The molecule has 0 aromatic carbocycles. The lowest BCUT2D eigenvalue weighted by Crippen LogP contribution is -2.10. The first-order valence-electron chi connectivity index (χ1n) is 1.62. The molecule has 1 saturated heterocycles. The van der Waals surface area contributed by atoms with E-state index >= 15 is 0 Å². The summed E-state index contributed by atoms with van der Waals surface area (Å²) in [5, 5.41) is 0. The Morgan fingerprint density at radius 3 is 2.00 bits per heavy atom. The lowest BCUT2D eigenvalue weighted by atomic mass is 10.5. The Morgan fingerprint density at radius 2 is 2.00 bits per heavy atom. The fraction of sp³-hybridized carbons (Fsp3) is 0.667. The second-order valence-corrected chi connectivity index (χ2v) is 2.93. The third-order valence-corrected chi connectivity index (χ3v) is 2.80. The smallest absolute Gasteiger partial charge is 0.000928 e. The van der Waals surface area contributed by atoms with E-state index in [1.807, 2.05) is 0 Å². The van der Waals surface area contributed by atoms with E-state index in [2.05, 4.69) is 0 Å². The van der Waals surface area contributed by atoms with Crippen LogP contribution in [0, 0.1) is 0 Å². The van der Waals surface area contributed by atoms with Gasteiger partial charge in [0.05, 0.1) is 0 Å². The first-order valence-corrected chi connectivity index (χ1v) is 3.44. The molecular formula is C3H5PS. The second kappa shape index (κ2) is 1.32. The van der Waals surface area contributed by atoms with Crippen LogP contribution < -0.4 is 0 Å². The van der Waals surface area contributed by atoms with E-state index in [1.54, 1.807) is 0 Å². The lowest BCUT2D eigenvalue weighted by Gasteiger charge is -2.09. The number of rotatable bonds is 0. The zero-order valence-electron chi connectivity index (χ0n) is 2.82. The molecule has 0 saturated carbocycles. The maximum absolute atomic E-state index is 4.79. The van der Waals surface area contributed by atoms with E-state index in [-0.39, 0.29) is 0 Å². The Kier molecular flexibility index (Phi) is 0.975. The molecule has 1 aliphatic heterocycles. The molecule has 1 rings (SSSR count). The SMILES string of the molecule is S=C1CPC1. The Labute approximate surface area is 38.7 Å². The zero-order chi connectivity index (χ0) is 3.70. The van der Waals surface area contributed by atoms with Crippen LogP contribution in [0.15, 0.2) is 0 Å². The third-order valence-electron chi connectivity index (χ3n) is 0.644. The molecule has 0 aliphatic carbocycles. The summed E-state index contributed by atoms with van der Waals surface area (Å²) in [5.41, 5.74) is 0. The van der Waals surface area contributed by atoms with Crippen molar-refractivity contribution in [3.05, 3.63) is 0 Å². The van der Waals surface area contributed by atoms with Gasteiger partial charge in [0.15, 0.2) is 0 Å². The van der Waals surface area contributed by atoms with Crippen LogP contribution >= 0.6 is 20.8 Å². The van der Waals surface area contributed by atoms with Crippen molar-refractivity contribution in [2.75, 3.05) is 12.3 Å². The van der Waals surface area contributed by atoms with Crippen molar-refractivity contribution in [3.8, 4) is 0 Å². The summed E-state index contributed by atoms with van der Waals surface area (Å²) in [6, 6.07) is 0. The molecule has 0 unspecified atom stereocenters. The van der Waals surface area contributed by atoms with Gasteiger partial charge in [0.2, 0.25) is 0 Å². The topological polar surface area (TPSA) is 0 Å². The predicted molar refractivity (Wildman–Crippen MR) is 30.6 cm³/mol. The van der Waals surface area contributed by atoms with Gasteiger partial charge in [-0.05, 0) is 12.3 Å². The highest BCUT2D eigenvalue weighted by atomic mass is 32.1. The molecule has 0 spiro atoms. The minimum atomic E-state index is 1.16. The van der Waals surface area contributed by atoms with Crippen molar-refractivity contribution in [2.45, 2.75) is 0 Å². The van der Waals surface area contributed by atoms with Gasteiger partial charge in [-0.25, -0.2) is 0 Å². The highest BCUT2D eigenvalue weighted by Gasteiger charge is 2.04. The maximum Gasteiger partial charge on any atom is 0.000928 e. The van der Waals surface area contributed by atoms with Gasteiger partial charge >= 0.3 is 0 Å². The van der Waals surface area contributed by atoms with Gasteiger partial charge in [-0.1, -0.05) is 12.2 Å². The van der Waals surface area contributed by atoms with Crippen molar-refractivity contribution in [1.29, 1.82) is 0 Å². The predicted octanol–water partition coefficient (Wildman–Crippen LogP) is 1.05. The number of thiocarbonyl (C=S) groups is 1. The first-order chi connectivity index (χ1) is 2.39. The minimum Gasteiger partial charge on any atom is -0.112 e. The van der Waals surface area contributed by atoms with Gasteiger partial charge in [0.1, 0.15) is 0 Å². The van der Waals surface area contributed by atoms with Crippen molar-refractivity contribution >= 4 is 25.7 Å². The summed E-state index contributed by atoms with van der Waals surface area (Å²) < 4.78 is 0. The molecule has 5 heavy (non-hydrogen) atoms. The van der Waals surface area contributed by atoms with Crippen LogP contribution in [-0.2, 0) is 0 Å². The molecule has 2 heteroatoms. The summed E-state index contributed by atoms with van der Waals surface area (Å²) in [6.07, 6.45) is 2.49. The molecule has 1 heterocycles. The normalized spacial score (nSPS) is 22.0. The molecule has 0 nitrogen and oxygen atoms in total. The monoisotopic (exact) mass is 104 g/mol. The largest absolute Gasteiger partial charge is 0.112 e. The van der Waals surface area contributed by atoms with Crippen LogP contribution in [0.5, 0.6) is 0 Å². The second-order valence-electron chi connectivity index (χ2n) is 1.14. The zero-order valence-corrected chi connectivity index (χ0v) is 4.64. The fourth-order valence-electron chi connectivity index (χ4n) is 0.227. The van der Waals surface area contributed by atoms with E-state index in [0.29, 0.717) is 0 Å². The summed E-state index contributed by atoms with van der Waals surface area (Å²) in [4.78, 5) is 1.28. The molecule has 0 radical (unpaired) electrons. The van der Waals surface area contributed by atoms with Gasteiger partial charge in [-0.3, -0.25) is 0 Å². The highest BCUT2D eigenvalue weighted by Crippen LogP contribution is 2.21. The fourth-order valence-corrected chi connectivity index (χ4v) is 1.29. The van der Waals surface area contributed by atoms with E-state index in [4.69, 9.17) is 12.2 Å². The Balaban J connectivity index is 2.32. The molecule has 0 aromatic rings. The lowest BCUT2D eigenvalue weighted by molar-refractivity contribution is 1.74. The summed E-state index contributed by atoms with van der Waals surface area (Å²) >= 11 is 4.79. The molecule has 28 valence electrons. The molecule has 0 atom stereocenters. The standard InChI is InChI=1S/C3H5PS/c5-3-1-4-2-3/h4H,1-2H2. The van der Waals surface area contributed by atoms with Crippen molar-refractivity contribution in [1.82, 2.24) is 0 Å². The van der Waals surface area contributed by atoms with E-state index in [1.165, 1.54) is 17.2 Å². The molecule has 0 N–H and O–H groups in total. The number of hydrogen-bond acceptors (Lipinski definition) is 1. The number of hydrogen-bond donors (Lipinski definition) is 0. The molecule has 1 aliphatic rings. The van der Waals surface area contributed by atoms with Crippen LogP contribution in [0.2, 0.25) is 0 Å². The molecule has 1 fully saturated rings. The quantitative estimate of drug-likeness (QED) is 0.327. The van der Waals surface area contributed by atoms with E-state index < -0.39 is 0 Å². The summed E-state index contributed by atoms with van der Waals surface area (Å²) in [6.45, 7) is 0. The highest BCUT2D eigenvalue weighted by molar-refractivity contribution is 7.83. The van der Waals surface area contributed by atoms with Crippen LogP contribution in [0.1, 0.15) is 0 Å². The van der Waals surface area contributed by atoms with Gasteiger partial charge < -0.3 is 0 Å². The van der Waals surface area contributed by atoms with Crippen molar-refractivity contribution < 1.29 is 0 Å². The molecule has 0 aromatic heterocycles. The van der Waals surface area contributed by atoms with Crippen LogP contribution in [0.25, 0.3) is 0 Å². The van der Waals surface area contributed by atoms with Gasteiger partial charge in [0, 0.05) is 4.86 Å². The minimum absolute atomic E-state index is 1.16. The van der Waals surface area contributed by atoms with Crippen LogP contribution in [-0.4, -0.2) is 17.2 Å². The van der Waals surface area contributed by atoms with Crippen molar-refractivity contribution in [2.24, 2.45) is 0 Å². The summed E-state index contributed by atoms with van der Waals surface area (Å²) in [7, 11) is 1.16. The maximum atomic E-state index is 4.79. The van der Waals surface area contributed by atoms with Gasteiger partial charge in [-0.2, -0.15) is 0 Å². The Bertz CT molecular complexity index is 53.9. The van der Waals surface area contributed by atoms with Gasteiger partial charge in [-0.15, -0.1) is 8.58 Å². The Morgan fingerprint density at radius 1 is 1.60 bits per heavy atom. The Hall–Kier alpha value is 0.520. The average molecular weight is 104 g/mol. The van der Waals surface area contributed by atoms with E-state index in [0.717, 1.165) is 8.58 Å². The van der Waals surface area contributed by atoms with Crippen LogP contribution in [0.3, 0.4) is 0 Å². The van der Waals surface area contributed by atoms with E-state index in [9.17, 15) is 0 Å². The molecule has 0 amide bonds. The molecule has 0 bridgehead atoms. The van der Waals surface area contributed by atoms with Crippen LogP contribution in [0.4, 0.5) is 0 Å². The average Bonchev–Trinajstić information content (AvgIpc) is 1.30. The van der Waals surface area contributed by atoms with Gasteiger partial charge in [0.25, 0.3) is 0 Å². The third kappa shape index (κ3) is 0.675.